The molecule has 94 valence electrons. The average Bonchev–Trinajstić information content (AvgIpc) is 2.75. The third kappa shape index (κ3) is 7.27. The summed E-state index contributed by atoms with van der Waals surface area (Å²) >= 11 is 0. The molecule has 1 rings (SSSR count). The van der Waals surface area contributed by atoms with Crippen molar-refractivity contribution >= 4 is 0 Å². The lowest BCUT2D eigenvalue weighted by Gasteiger charge is -2.14. The van der Waals surface area contributed by atoms with E-state index in [0.29, 0.717) is 0 Å². The van der Waals surface area contributed by atoms with Crippen molar-refractivity contribution in [3.8, 4) is 0 Å². The lowest BCUT2D eigenvalue weighted by Crippen LogP contribution is -2.13. The van der Waals surface area contributed by atoms with Crippen LogP contribution in [-0.2, 0) is 5.41 Å². The van der Waals surface area contributed by atoms with E-state index in [1.54, 1.807) is 12.5 Å². The monoisotopic (exact) mass is 225 g/mol. The Labute approximate surface area is 101 Å². The number of allylic oxidation sites excluding steroid dienone is 2. The number of hydrogen-bond donors (Lipinski definition) is 0. The van der Waals surface area contributed by atoms with E-state index in [1.165, 1.54) is 6.42 Å². The number of nitrogens with zero attached hydrogens (tertiary/aromatic N) is 1. The van der Waals surface area contributed by atoms with Crippen LogP contribution in [0.3, 0.4) is 0 Å². The zero-order chi connectivity index (χ0) is 13.0. The Morgan fingerprint density at radius 3 is 2.12 bits per heavy atom. The number of rotatable bonds is 2. The largest absolute Gasteiger partial charge is 0.448 e. The highest BCUT2D eigenvalue weighted by Crippen LogP contribution is 2.22. The first kappa shape index (κ1) is 17.3. The van der Waals surface area contributed by atoms with Crippen LogP contribution in [0.2, 0.25) is 0 Å². The minimum absolute atomic E-state index is 0.0851. The van der Waals surface area contributed by atoms with Crippen LogP contribution >= 0.6 is 0 Å². The molecule has 0 atom stereocenters. The fourth-order valence-electron chi connectivity index (χ4n) is 1.03. The minimum Gasteiger partial charge on any atom is -0.448 e. The summed E-state index contributed by atoms with van der Waals surface area (Å²) in [5.41, 5.74) is -0.0851. The topological polar surface area (TPSA) is 26.0 Å². The first-order chi connectivity index (χ1) is 7.58. The predicted octanol–water partition coefficient (Wildman–Crippen LogP) is 4.97. The van der Waals surface area contributed by atoms with Gasteiger partial charge < -0.3 is 4.42 Å². The lowest BCUT2D eigenvalue weighted by molar-refractivity contribution is 0.420. The van der Waals surface area contributed by atoms with Crippen LogP contribution in [0.15, 0.2) is 29.0 Å². The van der Waals surface area contributed by atoms with Crippen molar-refractivity contribution in [3.05, 3.63) is 30.5 Å². The summed E-state index contributed by atoms with van der Waals surface area (Å²) in [6, 6.07) is 0. The maximum atomic E-state index is 5.19. The molecule has 0 aromatic carbocycles. The predicted molar refractivity (Wildman–Crippen MR) is 71.7 cm³/mol. The molecular weight excluding hydrogens is 198 g/mol. The maximum Gasteiger partial charge on any atom is 0.203 e. The molecule has 1 heterocycles. The molecule has 16 heavy (non-hydrogen) atoms. The van der Waals surface area contributed by atoms with E-state index in [4.69, 9.17) is 4.42 Å². The number of hydrogen-bond acceptors (Lipinski definition) is 2. The normalized spacial score (nSPS) is 10.2. The second kappa shape index (κ2) is 10.5. The second-order valence-electron chi connectivity index (χ2n) is 3.77. The summed E-state index contributed by atoms with van der Waals surface area (Å²) in [6.45, 7) is 14.4. The summed E-state index contributed by atoms with van der Waals surface area (Å²) < 4.78 is 5.19. The Morgan fingerprint density at radius 2 is 1.81 bits per heavy atom. The molecular formula is C14H27NO. The zero-order valence-corrected chi connectivity index (χ0v) is 11.9. The van der Waals surface area contributed by atoms with Gasteiger partial charge in [0.05, 0.1) is 11.6 Å². The molecule has 0 bridgehead atoms. The van der Waals surface area contributed by atoms with Gasteiger partial charge in [0.2, 0.25) is 5.89 Å². The molecule has 2 nitrogen and oxygen atoms in total. The number of aromatic nitrogens is 1. The molecule has 0 fully saturated rings. The molecule has 0 unspecified atom stereocenters. The van der Waals surface area contributed by atoms with Gasteiger partial charge in [-0.3, -0.25) is 0 Å². The Bertz CT molecular complexity index is 248. The third-order valence-corrected chi connectivity index (χ3v) is 1.57. The Hall–Kier alpha value is -1.05. The van der Waals surface area contributed by atoms with Gasteiger partial charge in [-0.05, 0) is 20.8 Å². The van der Waals surface area contributed by atoms with Gasteiger partial charge >= 0.3 is 0 Å². The molecule has 1 aromatic rings. The van der Waals surface area contributed by atoms with Gasteiger partial charge in [0.25, 0.3) is 0 Å². The van der Waals surface area contributed by atoms with E-state index in [2.05, 4.69) is 38.8 Å². The zero-order valence-electron chi connectivity index (χ0n) is 11.9. The summed E-state index contributed by atoms with van der Waals surface area (Å²) in [7, 11) is 0. The highest BCUT2D eigenvalue weighted by atomic mass is 16.3. The van der Waals surface area contributed by atoms with Crippen LogP contribution in [0.5, 0.6) is 0 Å². The summed E-state index contributed by atoms with van der Waals surface area (Å²) in [5, 5.41) is 0. The van der Waals surface area contributed by atoms with Crippen molar-refractivity contribution < 1.29 is 4.42 Å². The van der Waals surface area contributed by atoms with E-state index >= 15 is 0 Å². The molecule has 0 amide bonds. The highest BCUT2D eigenvalue weighted by molar-refractivity contribution is 5.11. The Balaban J connectivity index is 0. The molecule has 0 saturated heterocycles. The third-order valence-electron chi connectivity index (χ3n) is 1.57. The maximum absolute atomic E-state index is 5.19. The van der Waals surface area contributed by atoms with E-state index < -0.39 is 0 Å². The summed E-state index contributed by atoms with van der Waals surface area (Å²) in [6.07, 6.45) is 8.59. The van der Waals surface area contributed by atoms with Gasteiger partial charge in [-0.1, -0.05) is 46.3 Å². The van der Waals surface area contributed by atoms with E-state index in [0.717, 1.165) is 5.89 Å². The molecule has 0 aliphatic heterocycles. The summed E-state index contributed by atoms with van der Waals surface area (Å²) in [5.74, 6) is 0.760. The Kier molecular flexibility index (Phi) is 11.3. The smallest absolute Gasteiger partial charge is 0.203 e. The quantitative estimate of drug-likeness (QED) is 0.664. The summed E-state index contributed by atoms with van der Waals surface area (Å²) in [4.78, 5) is 4.09. The first-order valence-electron chi connectivity index (χ1n) is 6.12. The molecule has 0 N–H and O–H groups in total. The van der Waals surface area contributed by atoms with Crippen LogP contribution in [0.1, 0.15) is 60.8 Å². The van der Waals surface area contributed by atoms with Gasteiger partial charge in [0.15, 0.2) is 0 Å². The van der Waals surface area contributed by atoms with Crippen LogP contribution in [0.4, 0.5) is 0 Å². The molecule has 0 aliphatic carbocycles. The van der Waals surface area contributed by atoms with Gasteiger partial charge in [-0.15, -0.1) is 0 Å². The molecule has 1 aromatic heterocycles. The standard InChI is InChI=1S/C9H13NO.C3H8.C2H6/c1-4-5-9(2,3)8-10-6-7-11-8;1-3-2;1-2/h4-7H,1-3H3;3H2,1-2H3;1-2H3/b5-4+;;. The van der Waals surface area contributed by atoms with Crippen LogP contribution in [0, 0.1) is 0 Å². The van der Waals surface area contributed by atoms with Gasteiger partial charge in [-0.25, -0.2) is 4.98 Å². The van der Waals surface area contributed by atoms with Crippen molar-refractivity contribution in [1.82, 2.24) is 4.98 Å². The molecule has 2 heteroatoms. The van der Waals surface area contributed by atoms with E-state index in [1.807, 2.05) is 26.8 Å². The van der Waals surface area contributed by atoms with Crippen molar-refractivity contribution in [2.75, 3.05) is 0 Å². The fraction of sp³-hybridized carbons (Fsp3) is 0.643. The molecule has 0 saturated carbocycles. The first-order valence-corrected chi connectivity index (χ1v) is 6.12. The van der Waals surface area contributed by atoms with E-state index in [-0.39, 0.29) is 5.41 Å². The fourth-order valence-corrected chi connectivity index (χ4v) is 1.03. The van der Waals surface area contributed by atoms with Gasteiger partial charge in [0, 0.05) is 0 Å². The van der Waals surface area contributed by atoms with Gasteiger partial charge in [0.1, 0.15) is 6.26 Å². The SMILES string of the molecule is C/C=C/C(C)(C)c1ncco1.CC.CCC. The van der Waals surface area contributed by atoms with Crippen LogP contribution in [-0.4, -0.2) is 4.98 Å². The van der Waals surface area contributed by atoms with Gasteiger partial charge in [-0.2, -0.15) is 0 Å². The number of oxazole rings is 1. The van der Waals surface area contributed by atoms with Crippen molar-refractivity contribution in [1.29, 1.82) is 0 Å². The average molecular weight is 225 g/mol. The van der Waals surface area contributed by atoms with Crippen molar-refractivity contribution in [2.24, 2.45) is 0 Å². The molecule has 0 spiro atoms. The van der Waals surface area contributed by atoms with Crippen LogP contribution < -0.4 is 0 Å². The molecule has 0 radical (unpaired) electrons. The minimum atomic E-state index is -0.0851. The van der Waals surface area contributed by atoms with Crippen LogP contribution in [0.25, 0.3) is 0 Å². The highest BCUT2D eigenvalue weighted by Gasteiger charge is 2.20. The second-order valence-corrected chi connectivity index (χ2v) is 3.77. The van der Waals surface area contributed by atoms with Crippen molar-refractivity contribution in [2.45, 2.75) is 60.3 Å². The lowest BCUT2D eigenvalue weighted by atomic mass is 9.93. The van der Waals surface area contributed by atoms with E-state index in [9.17, 15) is 0 Å². The van der Waals surface area contributed by atoms with Crippen molar-refractivity contribution in [3.63, 3.8) is 0 Å². The Morgan fingerprint density at radius 1 is 1.31 bits per heavy atom. The molecule has 0 aliphatic rings.